The number of anilines is 1. The molecule has 6 nitrogen and oxygen atoms in total. The summed E-state index contributed by atoms with van der Waals surface area (Å²) in [6.07, 6.45) is 2.64. The molecule has 3 N–H and O–H groups in total. The molecule has 0 bridgehead atoms. The van der Waals surface area contributed by atoms with Gasteiger partial charge in [0.05, 0.1) is 0 Å². The fraction of sp³-hybridized carbons (Fsp3) is 0.267. The third-order valence-corrected chi connectivity index (χ3v) is 6.90. The van der Waals surface area contributed by atoms with Crippen molar-refractivity contribution in [2.45, 2.75) is 23.0 Å². The van der Waals surface area contributed by atoms with Crippen molar-refractivity contribution in [3.8, 4) is 0 Å². The van der Waals surface area contributed by atoms with Gasteiger partial charge in [-0.15, -0.1) is 0 Å². The first-order chi connectivity index (χ1) is 11.7. The number of rotatable bonds is 4. The quantitative estimate of drug-likeness (QED) is 0.406. The number of nitrogens with one attached hydrogen (secondary N) is 1. The van der Waals surface area contributed by atoms with Crippen LogP contribution in [-0.2, 0) is 13.0 Å². The molecule has 4 rings (SSSR count). The zero-order valence-corrected chi connectivity index (χ0v) is 17.5. The molecule has 0 atom stereocenters. The van der Waals surface area contributed by atoms with Crippen LogP contribution in [0.3, 0.4) is 0 Å². The number of aromatic nitrogens is 4. The summed E-state index contributed by atoms with van der Waals surface area (Å²) in [6, 6.07) is 4.48. The van der Waals surface area contributed by atoms with E-state index in [0.29, 0.717) is 13.1 Å². The van der Waals surface area contributed by atoms with Crippen molar-refractivity contribution >= 4 is 72.5 Å². The Bertz CT molecular complexity index is 928. The van der Waals surface area contributed by atoms with Crippen molar-refractivity contribution in [3.63, 3.8) is 0 Å². The Labute approximate surface area is 166 Å². The van der Waals surface area contributed by atoms with Gasteiger partial charge < -0.3 is 0 Å². The summed E-state index contributed by atoms with van der Waals surface area (Å²) in [5.74, 6) is 0. The fourth-order valence-corrected chi connectivity index (χ4v) is 4.99. The number of imidazole rings is 1. The Kier molecular flexibility index (Phi) is 4.72. The molecule has 2 radical (unpaired) electrons. The van der Waals surface area contributed by atoms with E-state index in [-0.39, 0.29) is 0 Å². The number of fused-ring (bicyclic) bond motifs is 2. The van der Waals surface area contributed by atoms with Crippen LogP contribution in [-0.4, -0.2) is 49.5 Å². The first-order valence-electron chi connectivity index (χ1n) is 7.52. The third kappa shape index (κ3) is 2.93. The Morgan fingerprint density at radius 3 is 3.08 bits per heavy atom. The summed E-state index contributed by atoms with van der Waals surface area (Å²) in [4.78, 5) is 14.6. The van der Waals surface area contributed by atoms with E-state index < -0.39 is 0 Å². The standard InChI is InChI=1S/C15H14AsIN6S/c16-13-12-14(21-7-20-13)23(4-2-18)15(22-12)24-11-5-8-1-3-19-10(8)6-9(11)17/h5-7,19H,1-4,18H2. The summed E-state index contributed by atoms with van der Waals surface area (Å²) >= 11 is 6.51. The maximum atomic E-state index is 5.80. The van der Waals surface area contributed by atoms with Crippen molar-refractivity contribution < 1.29 is 0 Å². The average Bonchev–Trinajstić information content (AvgIpc) is 3.14. The van der Waals surface area contributed by atoms with Crippen LogP contribution in [0.2, 0.25) is 0 Å². The fourth-order valence-electron chi connectivity index (χ4n) is 2.79. The molecular formula is C15H14AsIN6S. The molecule has 3 aromatic rings. The van der Waals surface area contributed by atoms with E-state index in [1.807, 2.05) is 0 Å². The van der Waals surface area contributed by atoms with E-state index >= 15 is 0 Å². The van der Waals surface area contributed by atoms with Gasteiger partial charge >= 0.3 is 167 Å². The van der Waals surface area contributed by atoms with Crippen molar-refractivity contribution in [3.05, 3.63) is 27.6 Å². The minimum atomic E-state index is 0.544. The van der Waals surface area contributed by atoms with Gasteiger partial charge in [-0.3, -0.25) is 0 Å². The predicted molar refractivity (Wildman–Crippen MR) is 105 cm³/mol. The topological polar surface area (TPSA) is 81.6 Å². The van der Waals surface area contributed by atoms with Crippen molar-refractivity contribution in [2.24, 2.45) is 5.73 Å². The van der Waals surface area contributed by atoms with Crippen LogP contribution < -0.4 is 15.5 Å². The molecule has 1 aliphatic rings. The van der Waals surface area contributed by atoms with Crippen molar-refractivity contribution in [2.75, 3.05) is 18.4 Å². The SMILES string of the molecule is NCCn1c(Sc2cc3c(cc2I)NCC3)nc2c([As])ncnc21. The maximum absolute atomic E-state index is 5.80. The predicted octanol–water partition coefficient (Wildman–Crippen LogP) is 1.30. The van der Waals surface area contributed by atoms with Gasteiger partial charge in [-0.05, 0) is 0 Å². The van der Waals surface area contributed by atoms with E-state index in [0.717, 1.165) is 33.8 Å². The molecule has 122 valence electrons. The van der Waals surface area contributed by atoms with E-state index in [1.165, 1.54) is 19.7 Å². The molecule has 0 spiro atoms. The summed E-state index contributed by atoms with van der Waals surface area (Å²) in [5, 5.41) is 4.33. The Morgan fingerprint density at radius 1 is 1.38 bits per heavy atom. The molecule has 9 heteroatoms. The molecule has 3 heterocycles. The number of benzene rings is 1. The van der Waals surface area contributed by atoms with Gasteiger partial charge in [0.15, 0.2) is 0 Å². The summed E-state index contributed by atoms with van der Waals surface area (Å²) in [6.45, 7) is 2.24. The summed E-state index contributed by atoms with van der Waals surface area (Å²) in [5.41, 5.74) is 10.1. The van der Waals surface area contributed by atoms with Gasteiger partial charge in [-0.2, -0.15) is 0 Å². The molecular weight excluding hydrogens is 498 g/mol. The van der Waals surface area contributed by atoms with Gasteiger partial charge in [-0.1, -0.05) is 0 Å². The number of halogens is 1. The zero-order chi connectivity index (χ0) is 16.7. The van der Waals surface area contributed by atoms with Gasteiger partial charge in [0, 0.05) is 0 Å². The Hall–Kier alpha value is -0.832. The van der Waals surface area contributed by atoms with Crippen LogP contribution in [0.5, 0.6) is 0 Å². The molecule has 1 aliphatic heterocycles. The van der Waals surface area contributed by atoms with Crippen molar-refractivity contribution in [1.29, 1.82) is 0 Å². The number of hydrogen-bond donors (Lipinski definition) is 2. The second-order valence-corrected chi connectivity index (χ2v) is 8.48. The molecule has 0 fully saturated rings. The molecule has 0 saturated heterocycles. The minimum absolute atomic E-state index is 0.544. The van der Waals surface area contributed by atoms with Gasteiger partial charge in [0.1, 0.15) is 0 Å². The van der Waals surface area contributed by atoms with Crippen LogP contribution in [0.4, 0.5) is 5.69 Å². The second kappa shape index (κ2) is 6.82. The number of nitrogens with zero attached hydrogens (tertiary/aromatic N) is 4. The molecule has 0 aliphatic carbocycles. The molecule has 0 amide bonds. The molecule has 24 heavy (non-hydrogen) atoms. The average molecular weight is 512 g/mol. The summed E-state index contributed by atoms with van der Waals surface area (Å²) < 4.78 is 4.13. The Morgan fingerprint density at radius 2 is 2.25 bits per heavy atom. The van der Waals surface area contributed by atoms with Crippen LogP contribution in [0.1, 0.15) is 5.56 Å². The first-order valence-corrected chi connectivity index (χ1v) is 10.3. The van der Waals surface area contributed by atoms with E-state index in [1.54, 1.807) is 18.1 Å². The first kappa shape index (κ1) is 16.6. The van der Waals surface area contributed by atoms with E-state index in [4.69, 9.17) is 10.7 Å². The van der Waals surface area contributed by atoms with Crippen LogP contribution in [0.15, 0.2) is 28.5 Å². The summed E-state index contributed by atoms with van der Waals surface area (Å²) in [7, 11) is 0. The van der Waals surface area contributed by atoms with Crippen LogP contribution in [0.25, 0.3) is 11.2 Å². The normalized spacial score (nSPS) is 13.3. The number of nitrogens with two attached hydrogens (primary N) is 1. The van der Waals surface area contributed by atoms with Crippen LogP contribution >= 0.6 is 34.4 Å². The molecule has 0 unspecified atom stereocenters. The molecule has 2 aromatic heterocycles. The van der Waals surface area contributed by atoms with Crippen molar-refractivity contribution in [1.82, 2.24) is 19.5 Å². The second-order valence-electron chi connectivity index (χ2n) is 5.42. The molecule has 1 aromatic carbocycles. The molecule has 0 saturated carbocycles. The van der Waals surface area contributed by atoms with Crippen LogP contribution in [0, 0.1) is 3.57 Å². The monoisotopic (exact) mass is 512 g/mol. The zero-order valence-electron chi connectivity index (χ0n) is 12.7. The number of hydrogen-bond acceptors (Lipinski definition) is 6. The third-order valence-electron chi connectivity index (χ3n) is 3.90. The van der Waals surface area contributed by atoms with E-state index in [2.05, 4.69) is 71.4 Å². The van der Waals surface area contributed by atoms with Gasteiger partial charge in [0.25, 0.3) is 0 Å². The Balaban J connectivity index is 1.80. The van der Waals surface area contributed by atoms with E-state index in [9.17, 15) is 0 Å². The van der Waals surface area contributed by atoms with Gasteiger partial charge in [0.2, 0.25) is 0 Å². The van der Waals surface area contributed by atoms with Gasteiger partial charge in [-0.25, -0.2) is 0 Å².